The molecule has 0 unspecified atom stereocenters. The molecule has 0 aliphatic rings. The van der Waals surface area contributed by atoms with Crippen LogP contribution in [0.25, 0.3) is 0 Å². The maximum atomic E-state index is 11.6. The zero-order valence-corrected chi connectivity index (χ0v) is 13.9. The third-order valence-electron chi connectivity index (χ3n) is 3.46. The number of nitrogens with zero attached hydrogens (tertiary/aromatic N) is 1. The monoisotopic (exact) mass is 325 g/mol. The summed E-state index contributed by atoms with van der Waals surface area (Å²) >= 11 is 0. The number of hydrogen-bond acceptors (Lipinski definition) is 3. The zero-order chi connectivity index (χ0) is 17.2. The van der Waals surface area contributed by atoms with Crippen molar-refractivity contribution in [2.24, 2.45) is 10.7 Å². The average molecular weight is 325 g/mol. The number of nitrogens with one attached hydrogen (secondary N) is 1. The van der Waals surface area contributed by atoms with Gasteiger partial charge in [0.25, 0.3) is 0 Å². The lowest BCUT2D eigenvalue weighted by molar-refractivity contribution is 0.0526. The summed E-state index contributed by atoms with van der Waals surface area (Å²) in [6.45, 7) is 3.36. The fraction of sp³-hybridized carbons (Fsp3) is 0.263. The second-order valence-corrected chi connectivity index (χ2v) is 5.28. The van der Waals surface area contributed by atoms with Crippen LogP contribution in [0.5, 0.6) is 0 Å². The van der Waals surface area contributed by atoms with Gasteiger partial charge in [-0.15, -0.1) is 0 Å². The second-order valence-electron chi connectivity index (χ2n) is 5.28. The lowest BCUT2D eigenvalue weighted by Gasteiger charge is -2.06. The molecule has 0 aromatic heterocycles. The topological polar surface area (TPSA) is 76.7 Å². The van der Waals surface area contributed by atoms with Crippen molar-refractivity contribution in [3.05, 3.63) is 71.3 Å². The molecule has 0 atom stereocenters. The third-order valence-corrected chi connectivity index (χ3v) is 3.46. The molecule has 0 bridgehead atoms. The first kappa shape index (κ1) is 17.5. The standard InChI is InChI=1S/C19H23N3O2/c1-2-24-18(23)17-10-8-16(9-11-17)14-22-19(20)21-13-12-15-6-4-3-5-7-15/h3-11H,2,12-14H2,1H3,(H3,20,21,22). The largest absolute Gasteiger partial charge is 0.462 e. The molecule has 0 heterocycles. The van der Waals surface area contributed by atoms with Gasteiger partial charge in [-0.3, -0.25) is 0 Å². The van der Waals surface area contributed by atoms with Crippen LogP contribution in [0.4, 0.5) is 0 Å². The van der Waals surface area contributed by atoms with Gasteiger partial charge in [-0.25, -0.2) is 9.79 Å². The van der Waals surface area contributed by atoms with E-state index in [1.165, 1.54) is 5.56 Å². The molecule has 0 spiro atoms. The lowest BCUT2D eigenvalue weighted by Crippen LogP contribution is -2.33. The summed E-state index contributed by atoms with van der Waals surface area (Å²) in [7, 11) is 0. The molecule has 2 aromatic rings. The van der Waals surface area contributed by atoms with Gasteiger partial charge in [0.2, 0.25) is 0 Å². The molecule has 0 saturated heterocycles. The summed E-state index contributed by atoms with van der Waals surface area (Å²) in [4.78, 5) is 15.9. The van der Waals surface area contributed by atoms with Crippen LogP contribution in [0.2, 0.25) is 0 Å². The van der Waals surface area contributed by atoms with E-state index in [2.05, 4.69) is 22.4 Å². The Morgan fingerprint density at radius 2 is 1.79 bits per heavy atom. The first-order valence-corrected chi connectivity index (χ1v) is 8.03. The fourth-order valence-corrected chi connectivity index (χ4v) is 2.17. The molecule has 0 amide bonds. The van der Waals surface area contributed by atoms with Crippen LogP contribution < -0.4 is 11.1 Å². The minimum atomic E-state index is -0.311. The number of carbonyl (C=O) groups excluding carboxylic acids is 1. The van der Waals surface area contributed by atoms with Crippen LogP contribution >= 0.6 is 0 Å². The molecule has 126 valence electrons. The van der Waals surface area contributed by atoms with Crippen molar-refractivity contribution < 1.29 is 9.53 Å². The Morgan fingerprint density at radius 3 is 2.46 bits per heavy atom. The highest BCUT2D eigenvalue weighted by Gasteiger charge is 2.05. The van der Waals surface area contributed by atoms with Crippen molar-refractivity contribution in [3.8, 4) is 0 Å². The fourth-order valence-electron chi connectivity index (χ4n) is 2.17. The number of rotatable bonds is 7. The second kappa shape index (κ2) is 9.35. The summed E-state index contributed by atoms with van der Waals surface area (Å²) < 4.78 is 4.95. The molecule has 3 N–H and O–H groups in total. The van der Waals surface area contributed by atoms with Crippen LogP contribution in [0, 0.1) is 0 Å². The minimum Gasteiger partial charge on any atom is -0.462 e. The van der Waals surface area contributed by atoms with E-state index < -0.39 is 0 Å². The SMILES string of the molecule is CCOC(=O)c1ccc(CN=C(N)NCCc2ccccc2)cc1. The molecular weight excluding hydrogens is 302 g/mol. The minimum absolute atomic E-state index is 0.311. The molecule has 5 heteroatoms. The third kappa shape index (κ3) is 5.76. The van der Waals surface area contributed by atoms with Gasteiger partial charge in [0, 0.05) is 6.54 Å². The molecule has 0 aliphatic carbocycles. The normalized spacial score (nSPS) is 11.1. The summed E-state index contributed by atoms with van der Waals surface area (Å²) in [6.07, 6.45) is 0.894. The molecular formula is C19H23N3O2. The average Bonchev–Trinajstić information content (AvgIpc) is 2.61. The molecule has 5 nitrogen and oxygen atoms in total. The smallest absolute Gasteiger partial charge is 0.338 e. The number of aliphatic imine (C=N–C) groups is 1. The number of nitrogens with two attached hydrogens (primary N) is 1. The Hall–Kier alpha value is -2.82. The van der Waals surface area contributed by atoms with E-state index in [0.29, 0.717) is 24.7 Å². The molecule has 2 rings (SSSR count). The van der Waals surface area contributed by atoms with Crippen molar-refractivity contribution in [1.82, 2.24) is 5.32 Å². The van der Waals surface area contributed by atoms with Crippen LogP contribution in [0.3, 0.4) is 0 Å². The van der Waals surface area contributed by atoms with E-state index >= 15 is 0 Å². The van der Waals surface area contributed by atoms with Crippen LogP contribution in [-0.4, -0.2) is 25.1 Å². The van der Waals surface area contributed by atoms with Crippen molar-refractivity contribution in [1.29, 1.82) is 0 Å². The number of benzene rings is 2. The van der Waals surface area contributed by atoms with Gasteiger partial charge in [-0.1, -0.05) is 42.5 Å². The summed E-state index contributed by atoms with van der Waals surface area (Å²) in [6, 6.07) is 17.4. The van der Waals surface area contributed by atoms with E-state index in [0.717, 1.165) is 18.5 Å². The molecule has 0 radical (unpaired) electrons. The molecule has 2 aromatic carbocycles. The van der Waals surface area contributed by atoms with Crippen molar-refractivity contribution in [3.63, 3.8) is 0 Å². The van der Waals surface area contributed by atoms with Crippen molar-refractivity contribution in [2.45, 2.75) is 19.9 Å². The maximum Gasteiger partial charge on any atom is 0.338 e. The van der Waals surface area contributed by atoms with E-state index in [4.69, 9.17) is 10.5 Å². The molecule has 24 heavy (non-hydrogen) atoms. The van der Waals surface area contributed by atoms with Crippen molar-refractivity contribution >= 4 is 11.9 Å². The number of esters is 1. The van der Waals surface area contributed by atoms with Crippen molar-refractivity contribution in [2.75, 3.05) is 13.2 Å². The maximum absolute atomic E-state index is 11.6. The quantitative estimate of drug-likeness (QED) is 0.466. The number of guanidine groups is 1. The van der Waals surface area contributed by atoms with E-state index in [1.807, 2.05) is 30.3 Å². The number of hydrogen-bond donors (Lipinski definition) is 2. The molecule has 0 saturated carbocycles. The van der Waals surface area contributed by atoms with Gasteiger partial charge < -0.3 is 15.8 Å². The van der Waals surface area contributed by atoms with Crippen LogP contribution in [-0.2, 0) is 17.7 Å². The Bertz CT molecular complexity index is 667. The molecule has 0 fully saturated rings. The highest BCUT2D eigenvalue weighted by Crippen LogP contribution is 2.07. The lowest BCUT2D eigenvalue weighted by atomic mass is 10.1. The van der Waals surface area contributed by atoms with Gasteiger partial charge in [0.05, 0.1) is 18.7 Å². The highest BCUT2D eigenvalue weighted by molar-refractivity contribution is 5.89. The van der Waals surface area contributed by atoms with Gasteiger partial charge in [-0.2, -0.15) is 0 Å². The summed E-state index contributed by atoms with van der Waals surface area (Å²) in [5, 5.41) is 3.10. The number of carbonyl (C=O) groups is 1. The van der Waals surface area contributed by atoms with Crippen LogP contribution in [0.15, 0.2) is 59.6 Å². The van der Waals surface area contributed by atoms with E-state index in [9.17, 15) is 4.79 Å². The first-order valence-electron chi connectivity index (χ1n) is 8.03. The highest BCUT2D eigenvalue weighted by atomic mass is 16.5. The number of ether oxygens (including phenoxy) is 1. The predicted octanol–water partition coefficient (Wildman–Crippen LogP) is 2.51. The Labute approximate surface area is 142 Å². The van der Waals surface area contributed by atoms with Gasteiger partial charge in [0.15, 0.2) is 5.96 Å². The predicted molar refractivity (Wildman–Crippen MR) is 95.9 cm³/mol. The van der Waals surface area contributed by atoms with E-state index in [-0.39, 0.29) is 5.97 Å². The van der Waals surface area contributed by atoms with Gasteiger partial charge >= 0.3 is 5.97 Å². The van der Waals surface area contributed by atoms with Gasteiger partial charge in [-0.05, 0) is 36.6 Å². The van der Waals surface area contributed by atoms with Crippen LogP contribution in [0.1, 0.15) is 28.4 Å². The summed E-state index contributed by atoms with van der Waals surface area (Å²) in [5.74, 6) is 0.107. The Kier molecular flexibility index (Phi) is 6.83. The van der Waals surface area contributed by atoms with Gasteiger partial charge in [0.1, 0.15) is 0 Å². The summed E-state index contributed by atoms with van der Waals surface area (Å²) in [5.41, 5.74) is 8.65. The molecule has 0 aliphatic heterocycles. The zero-order valence-electron chi connectivity index (χ0n) is 13.9. The Morgan fingerprint density at radius 1 is 1.08 bits per heavy atom. The Balaban J connectivity index is 1.78. The first-order chi connectivity index (χ1) is 11.7. The van der Waals surface area contributed by atoms with E-state index in [1.54, 1.807) is 19.1 Å².